The molecule has 0 aliphatic heterocycles. The standard InChI is InChI=1S/C15H19N3O4S/c1-11-8-13(17-22-11)16-14(19)10-18(5-6-21-2)15(20)9-12-4-3-7-23-12/h3-4,7-8H,5-6,9-10H2,1-2H3,(H,16,17,19). The van der Waals surface area contributed by atoms with Crippen molar-refractivity contribution in [1.82, 2.24) is 10.1 Å². The van der Waals surface area contributed by atoms with E-state index in [4.69, 9.17) is 9.26 Å². The fourth-order valence-electron chi connectivity index (χ4n) is 1.95. The first-order valence-electron chi connectivity index (χ1n) is 7.10. The number of anilines is 1. The molecule has 124 valence electrons. The largest absolute Gasteiger partial charge is 0.383 e. The van der Waals surface area contributed by atoms with Crippen LogP contribution >= 0.6 is 11.3 Å². The normalized spacial score (nSPS) is 10.5. The van der Waals surface area contributed by atoms with Gasteiger partial charge < -0.3 is 19.5 Å². The predicted octanol–water partition coefficient (Wildman–Crippen LogP) is 1.70. The smallest absolute Gasteiger partial charge is 0.245 e. The van der Waals surface area contributed by atoms with E-state index >= 15 is 0 Å². The molecule has 0 bridgehead atoms. The number of hydrogen-bond acceptors (Lipinski definition) is 6. The molecule has 23 heavy (non-hydrogen) atoms. The molecule has 0 saturated heterocycles. The highest BCUT2D eigenvalue weighted by Crippen LogP contribution is 2.11. The van der Waals surface area contributed by atoms with Crippen LogP contribution in [-0.2, 0) is 20.7 Å². The Morgan fingerprint density at radius 3 is 2.91 bits per heavy atom. The van der Waals surface area contributed by atoms with Gasteiger partial charge in [0, 0.05) is 24.6 Å². The first-order chi connectivity index (χ1) is 11.1. The van der Waals surface area contributed by atoms with Crippen molar-refractivity contribution >= 4 is 29.0 Å². The highest BCUT2D eigenvalue weighted by molar-refractivity contribution is 7.10. The molecule has 1 N–H and O–H groups in total. The molecule has 2 aromatic heterocycles. The van der Waals surface area contributed by atoms with Crippen molar-refractivity contribution in [1.29, 1.82) is 0 Å². The predicted molar refractivity (Wildman–Crippen MR) is 86.3 cm³/mol. The summed E-state index contributed by atoms with van der Waals surface area (Å²) in [4.78, 5) is 26.9. The zero-order chi connectivity index (χ0) is 16.7. The number of amides is 2. The number of ether oxygens (including phenoxy) is 1. The summed E-state index contributed by atoms with van der Waals surface area (Å²) < 4.78 is 9.90. The lowest BCUT2D eigenvalue weighted by atomic mass is 10.3. The fraction of sp³-hybridized carbons (Fsp3) is 0.400. The third kappa shape index (κ3) is 5.50. The van der Waals surface area contributed by atoms with Gasteiger partial charge in [0.2, 0.25) is 11.8 Å². The molecule has 0 unspecified atom stereocenters. The summed E-state index contributed by atoms with van der Waals surface area (Å²) in [5, 5.41) is 8.22. The van der Waals surface area contributed by atoms with Crippen LogP contribution in [0.2, 0.25) is 0 Å². The number of methoxy groups -OCH3 is 1. The van der Waals surface area contributed by atoms with Crippen molar-refractivity contribution in [2.75, 3.05) is 32.1 Å². The summed E-state index contributed by atoms with van der Waals surface area (Å²) >= 11 is 1.52. The molecule has 0 fully saturated rings. The van der Waals surface area contributed by atoms with Crippen molar-refractivity contribution in [2.24, 2.45) is 0 Å². The van der Waals surface area contributed by atoms with Gasteiger partial charge in [-0.2, -0.15) is 0 Å². The summed E-state index contributed by atoms with van der Waals surface area (Å²) in [6.45, 7) is 2.40. The Balaban J connectivity index is 1.93. The van der Waals surface area contributed by atoms with Crippen molar-refractivity contribution in [3.63, 3.8) is 0 Å². The van der Waals surface area contributed by atoms with Crippen molar-refractivity contribution in [3.05, 3.63) is 34.2 Å². The molecule has 0 aliphatic rings. The van der Waals surface area contributed by atoms with Crippen LogP contribution in [0.15, 0.2) is 28.1 Å². The average Bonchev–Trinajstić information content (AvgIpc) is 3.15. The molecule has 0 aliphatic carbocycles. The topological polar surface area (TPSA) is 84.7 Å². The third-order valence-corrected chi connectivity index (χ3v) is 3.93. The Bertz CT molecular complexity index is 639. The molecule has 7 nitrogen and oxygen atoms in total. The molecule has 0 atom stereocenters. The number of aromatic nitrogens is 1. The van der Waals surface area contributed by atoms with Gasteiger partial charge in [0.25, 0.3) is 0 Å². The van der Waals surface area contributed by atoms with Crippen molar-refractivity contribution in [3.8, 4) is 0 Å². The lowest BCUT2D eigenvalue weighted by Gasteiger charge is -2.21. The van der Waals surface area contributed by atoms with E-state index in [1.807, 2.05) is 17.5 Å². The number of nitrogens with one attached hydrogen (secondary N) is 1. The number of rotatable bonds is 8. The maximum absolute atomic E-state index is 12.4. The molecule has 0 saturated carbocycles. The molecule has 0 radical (unpaired) electrons. The number of nitrogens with zero attached hydrogens (tertiary/aromatic N) is 2. The second kappa shape index (κ2) is 8.44. The summed E-state index contributed by atoms with van der Waals surface area (Å²) in [6, 6.07) is 5.41. The molecule has 2 heterocycles. The number of hydrogen-bond donors (Lipinski definition) is 1. The zero-order valence-electron chi connectivity index (χ0n) is 13.1. The molecule has 2 amide bonds. The maximum atomic E-state index is 12.4. The van der Waals surface area contributed by atoms with Crippen LogP contribution in [0.3, 0.4) is 0 Å². The molecular formula is C15H19N3O4S. The van der Waals surface area contributed by atoms with E-state index < -0.39 is 0 Å². The number of thiophene rings is 1. The van der Waals surface area contributed by atoms with E-state index in [1.165, 1.54) is 16.2 Å². The Morgan fingerprint density at radius 1 is 1.48 bits per heavy atom. The van der Waals surface area contributed by atoms with E-state index in [9.17, 15) is 9.59 Å². The SMILES string of the molecule is COCCN(CC(=O)Nc1cc(C)on1)C(=O)Cc1cccs1. The zero-order valence-corrected chi connectivity index (χ0v) is 13.9. The molecule has 0 spiro atoms. The Hall–Kier alpha value is -2.19. The van der Waals surface area contributed by atoms with Crippen LogP contribution in [0.25, 0.3) is 0 Å². The van der Waals surface area contributed by atoms with E-state index in [1.54, 1.807) is 20.1 Å². The van der Waals surface area contributed by atoms with Gasteiger partial charge in [-0.15, -0.1) is 11.3 Å². The first kappa shape index (κ1) is 17.2. The molecular weight excluding hydrogens is 318 g/mol. The Labute approximate surface area is 138 Å². The molecule has 0 aromatic carbocycles. The van der Waals surface area contributed by atoms with Crippen LogP contribution in [0.1, 0.15) is 10.6 Å². The Morgan fingerprint density at radius 2 is 2.30 bits per heavy atom. The van der Waals surface area contributed by atoms with Gasteiger partial charge in [-0.1, -0.05) is 11.2 Å². The van der Waals surface area contributed by atoms with Crippen LogP contribution in [0, 0.1) is 6.92 Å². The minimum atomic E-state index is -0.325. The average molecular weight is 337 g/mol. The van der Waals surface area contributed by atoms with Crippen LogP contribution in [0.5, 0.6) is 0 Å². The Kier molecular flexibility index (Phi) is 6.30. The fourth-order valence-corrected chi connectivity index (χ4v) is 2.64. The van der Waals surface area contributed by atoms with Crippen LogP contribution in [0.4, 0.5) is 5.82 Å². The number of carbonyl (C=O) groups is 2. The van der Waals surface area contributed by atoms with E-state index in [0.717, 1.165) is 4.88 Å². The summed E-state index contributed by atoms with van der Waals surface area (Å²) in [5.41, 5.74) is 0. The number of carbonyl (C=O) groups excluding carboxylic acids is 2. The van der Waals surface area contributed by atoms with Gasteiger partial charge in [0.1, 0.15) is 5.76 Å². The summed E-state index contributed by atoms with van der Waals surface area (Å²) in [7, 11) is 1.56. The first-order valence-corrected chi connectivity index (χ1v) is 7.98. The molecule has 8 heteroatoms. The highest BCUT2D eigenvalue weighted by Gasteiger charge is 2.18. The summed E-state index contributed by atoms with van der Waals surface area (Å²) in [6.07, 6.45) is 0.276. The summed E-state index contributed by atoms with van der Waals surface area (Å²) in [5.74, 6) is 0.500. The van der Waals surface area contributed by atoms with Crippen LogP contribution < -0.4 is 5.32 Å². The quantitative estimate of drug-likeness (QED) is 0.792. The van der Waals surface area contributed by atoms with Gasteiger partial charge in [0.05, 0.1) is 19.6 Å². The van der Waals surface area contributed by atoms with E-state index in [-0.39, 0.29) is 24.8 Å². The van der Waals surface area contributed by atoms with Gasteiger partial charge in [-0.3, -0.25) is 9.59 Å². The van der Waals surface area contributed by atoms with E-state index in [0.29, 0.717) is 24.7 Å². The highest BCUT2D eigenvalue weighted by atomic mass is 32.1. The monoisotopic (exact) mass is 337 g/mol. The maximum Gasteiger partial charge on any atom is 0.245 e. The van der Waals surface area contributed by atoms with Crippen LogP contribution in [-0.4, -0.2) is 48.7 Å². The van der Waals surface area contributed by atoms with Gasteiger partial charge in [-0.05, 0) is 18.4 Å². The van der Waals surface area contributed by atoms with Gasteiger partial charge >= 0.3 is 0 Å². The number of aryl methyl sites for hydroxylation is 1. The second-order valence-electron chi connectivity index (χ2n) is 4.94. The lowest BCUT2D eigenvalue weighted by Crippen LogP contribution is -2.40. The van der Waals surface area contributed by atoms with Gasteiger partial charge in [-0.25, -0.2) is 0 Å². The molecule has 2 aromatic rings. The third-order valence-electron chi connectivity index (χ3n) is 3.05. The minimum absolute atomic E-state index is 0.0561. The van der Waals surface area contributed by atoms with Gasteiger partial charge in [0.15, 0.2) is 5.82 Å². The molecule has 2 rings (SSSR count). The van der Waals surface area contributed by atoms with Crippen molar-refractivity contribution in [2.45, 2.75) is 13.3 Å². The lowest BCUT2D eigenvalue weighted by molar-refractivity contribution is -0.134. The van der Waals surface area contributed by atoms with E-state index in [2.05, 4.69) is 10.5 Å². The minimum Gasteiger partial charge on any atom is -0.383 e. The second-order valence-corrected chi connectivity index (χ2v) is 5.97. The van der Waals surface area contributed by atoms with Crippen molar-refractivity contribution < 1.29 is 18.8 Å².